The third kappa shape index (κ3) is 3.13. The summed E-state index contributed by atoms with van der Waals surface area (Å²) in [6, 6.07) is 5.19. The van der Waals surface area contributed by atoms with Crippen molar-refractivity contribution in [1.82, 2.24) is 10.3 Å². The van der Waals surface area contributed by atoms with Crippen molar-refractivity contribution in [2.45, 2.75) is 19.1 Å². The second kappa shape index (κ2) is 5.30. The zero-order valence-corrected chi connectivity index (χ0v) is 11.3. The summed E-state index contributed by atoms with van der Waals surface area (Å²) in [4.78, 5) is 4.42. The number of nitrogens with zero attached hydrogens (tertiary/aromatic N) is 1. The van der Waals surface area contributed by atoms with Gasteiger partial charge in [-0.3, -0.25) is 0 Å². The number of rotatable bonds is 3. The maximum atomic E-state index is 12.5. The molecule has 19 heavy (non-hydrogen) atoms. The van der Waals surface area contributed by atoms with Crippen LogP contribution in [0, 0.1) is 0 Å². The molecule has 0 aliphatic rings. The molecule has 2 nitrogen and oxygen atoms in total. The van der Waals surface area contributed by atoms with Crippen molar-refractivity contribution in [1.29, 1.82) is 0 Å². The highest BCUT2D eigenvalue weighted by Gasteiger charge is 2.30. The molecule has 1 heterocycles. The summed E-state index contributed by atoms with van der Waals surface area (Å²) in [5.74, 6) is 0. The lowest BCUT2D eigenvalue weighted by Gasteiger charge is -2.07. The Hall–Kier alpha value is -1.40. The largest absolute Gasteiger partial charge is 0.416 e. The number of nitrogens with one attached hydrogen (secondary N) is 1. The average molecular weight is 286 g/mol. The topological polar surface area (TPSA) is 24.9 Å². The molecule has 0 bridgehead atoms. The summed E-state index contributed by atoms with van der Waals surface area (Å²) in [7, 11) is 1.84. The van der Waals surface area contributed by atoms with Gasteiger partial charge in [0.2, 0.25) is 0 Å². The quantitative estimate of drug-likeness (QED) is 0.918. The second-order valence-corrected chi connectivity index (χ2v) is 5.02. The molecule has 0 aliphatic carbocycles. The Labute approximate surface area is 113 Å². The molecule has 0 radical (unpaired) electrons. The summed E-state index contributed by atoms with van der Waals surface area (Å²) >= 11 is 1.43. The van der Waals surface area contributed by atoms with Gasteiger partial charge in [0.05, 0.1) is 11.3 Å². The number of alkyl halides is 3. The van der Waals surface area contributed by atoms with Crippen molar-refractivity contribution in [3.63, 3.8) is 0 Å². The van der Waals surface area contributed by atoms with E-state index in [1.807, 2.05) is 19.4 Å². The molecule has 1 atom stereocenters. The number of hydrogen-bond acceptors (Lipinski definition) is 3. The molecule has 0 fully saturated rings. The minimum Gasteiger partial charge on any atom is -0.312 e. The van der Waals surface area contributed by atoms with E-state index < -0.39 is 11.7 Å². The van der Waals surface area contributed by atoms with Crippen LogP contribution in [0.4, 0.5) is 13.2 Å². The van der Waals surface area contributed by atoms with Crippen LogP contribution in [-0.2, 0) is 6.18 Å². The maximum Gasteiger partial charge on any atom is 0.416 e. The van der Waals surface area contributed by atoms with Crippen LogP contribution < -0.4 is 5.32 Å². The van der Waals surface area contributed by atoms with Crippen LogP contribution in [0.25, 0.3) is 10.6 Å². The Kier molecular flexibility index (Phi) is 3.91. The van der Waals surface area contributed by atoms with Gasteiger partial charge in [0.15, 0.2) is 0 Å². The van der Waals surface area contributed by atoms with Gasteiger partial charge < -0.3 is 5.32 Å². The first kappa shape index (κ1) is 14.0. The first-order chi connectivity index (χ1) is 8.91. The summed E-state index contributed by atoms with van der Waals surface area (Å²) in [5, 5.41) is 5.71. The van der Waals surface area contributed by atoms with E-state index in [-0.39, 0.29) is 6.04 Å². The van der Waals surface area contributed by atoms with Crippen molar-refractivity contribution in [3.05, 3.63) is 40.9 Å². The Morgan fingerprint density at radius 2 is 1.84 bits per heavy atom. The van der Waals surface area contributed by atoms with Crippen molar-refractivity contribution < 1.29 is 13.2 Å². The van der Waals surface area contributed by atoms with Crippen LogP contribution in [0.15, 0.2) is 29.6 Å². The normalized spacial score (nSPS) is 13.5. The van der Waals surface area contributed by atoms with Gasteiger partial charge in [-0.05, 0) is 26.1 Å². The van der Waals surface area contributed by atoms with E-state index in [0.29, 0.717) is 5.56 Å². The standard InChI is InChI=1S/C13H13F3N2S/c1-8(17-2)11-7-19-12(18-11)9-3-5-10(6-4-9)13(14,15)16/h3-8,17H,1-2H3. The highest BCUT2D eigenvalue weighted by atomic mass is 32.1. The van der Waals surface area contributed by atoms with Crippen LogP contribution in [-0.4, -0.2) is 12.0 Å². The van der Waals surface area contributed by atoms with Crippen molar-refractivity contribution in [2.24, 2.45) is 0 Å². The molecule has 1 N–H and O–H groups in total. The summed E-state index contributed by atoms with van der Waals surface area (Å²) in [6.45, 7) is 1.98. The summed E-state index contributed by atoms with van der Waals surface area (Å²) < 4.78 is 37.4. The molecule has 102 valence electrons. The molecule has 1 aromatic heterocycles. The number of aromatic nitrogens is 1. The third-order valence-corrected chi connectivity index (χ3v) is 3.77. The molecule has 0 saturated heterocycles. The SMILES string of the molecule is CNC(C)c1csc(-c2ccc(C(F)(F)F)cc2)n1. The fraction of sp³-hybridized carbons (Fsp3) is 0.308. The first-order valence-corrected chi connectivity index (χ1v) is 6.60. The lowest BCUT2D eigenvalue weighted by atomic mass is 10.1. The lowest BCUT2D eigenvalue weighted by Crippen LogP contribution is -2.12. The van der Waals surface area contributed by atoms with E-state index in [2.05, 4.69) is 10.3 Å². The second-order valence-electron chi connectivity index (χ2n) is 4.16. The smallest absolute Gasteiger partial charge is 0.312 e. The molecule has 6 heteroatoms. The summed E-state index contributed by atoms with van der Waals surface area (Å²) in [6.07, 6.45) is -4.30. The Bertz CT molecular complexity index is 546. The predicted octanol–water partition coefficient (Wildman–Crippen LogP) is 4.11. The Morgan fingerprint density at radius 3 is 2.37 bits per heavy atom. The van der Waals surface area contributed by atoms with Gasteiger partial charge in [-0.1, -0.05) is 12.1 Å². The molecule has 0 amide bonds. The van der Waals surface area contributed by atoms with Gasteiger partial charge in [0, 0.05) is 17.0 Å². The van der Waals surface area contributed by atoms with Crippen LogP contribution in [0.3, 0.4) is 0 Å². The van der Waals surface area contributed by atoms with E-state index in [0.717, 1.165) is 22.8 Å². The zero-order valence-electron chi connectivity index (χ0n) is 10.5. The van der Waals surface area contributed by atoms with E-state index in [1.54, 1.807) is 0 Å². The van der Waals surface area contributed by atoms with E-state index in [9.17, 15) is 13.2 Å². The number of thiazole rings is 1. The molecule has 2 aromatic rings. The van der Waals surface area contributed by atoms with Crippen LogP contribution in [0.5, 0.6) is 0 Å². The molecule has 2 rings (SSSR count). The minimum atomic E-state index is -4.30. The predicted molar refractivity (Wildman–Crippen MR) is 70.0 cm³/mol. The molecule has 0 saturated carbocycles. The van der Waals surface area contributed by atoms with Crippen molar-refractivity contribution in [2.75, 3.05) is 7.05 Å². The zero-order chi connectivity index (χ0) is 14.0. The molecular formula is C13H13F3N2S. The molecular weight excluding hydrogens is 273 g/mol. The maximum absolute atomic E-state index is 12.5. The Balaban J connectivity index is 2.25. The van der Waals surface area contributed by atoms with Gasteiger partial charge in [0.1, 0.15) is 5.01 Å². The highest BCUT2D eigenvalue weighted by Crippen LogP contribution is 2.32. The molecule has 1 unspecified atom stereocenters. The number of benzene rings is 1. The molecule has 1 aromatic carbocycles. The van der Waals surface area contributed by atoms with Crippen LogP contribution in [0.1, 0.15) is 24.2 Å². The number of halogens is 3. The lowest BCUT2D eigenvalue weighted by molar-refractivity contribution is -0.137. The van der Waals surface area contributed by atoms with Crippen LogP contribution in [0.2, 0.25) is 0 Å². The molecule has 0 spiro atoms. The average Bonchev–Trinajstić information content (AvgIpc) is 2.86. The monoisotopic (exact) mass is 286 g/mol. The van der Waals surface area contributed by atoms with E-state index in [1.165, 1.54) is 23.5 Å². The Morgan fingerprint density at radius 1 is 1.21 bits per heavy atom. The van der Waals surface area contributed by atoms with E-state index >= 15 is 0 Å². The van der Waals surface area contributed by atoms with Gasteiger partial charge in [-0.25, -0.2) is 4.98 Å². The van der Waals surface area contributed by atoms with E-state index in [4.69, 9.17) is 0 Å². The van der Waals surface area contributed by atoms with Crippen LogP contribution >= 0.6 is 11.3 Å². The van der Waals surface area contributed by atoms with Crippen molar-refractivity contribution in [3.8, 4) is 10.6 Å². The summed E-state index contributed by atoms with van der Waals surface area (Å²) in [5.41, 5.74) is 0.951. The highest BCUT2D eigenvalue weighted by molar-refractivity contribution is 7.13. The third-order valence-electron chi connectivity index (χ3n) is 2.86. The van der Waals surface area contributed by atoms with Crippen molar-refractivity contribution >= 4 is 11.3 Å². The minimum absolute atomic E-state index is 0.124. The van der Waals surface area contributed by atoms with Gasteiger partial charge in [0.25, 0.3) is 0 Å². The molecule has 0 aliphatic heterocycles. The number of hydrogen-bond donors (Lipinski definition) is 1. The van der Waals surface area contributed by atoms with Gasteiger partial charge in [-0.2, -0.15) is 13.2 Å². The van der Waals surface area contributed by atoms with Gasteiger partial charge in [-0.15, -0.1) is 11.3 Å². The fourth-order valence-corrected chi connectivity index (χ4v) is 2.49. The fourth-order valence-electron chi connectivity index (χ4n) is 1.57. The van der Waals surface area contributed by atoms with Gasteiger partial charge >= 0.3 is 6.18 Å². The first-order valence-electron chi connectivity index (χ1n) is 5.72.